The number of aromatic nitrogens is 2. The van der Waals surface area contributed by atoms with Crippen molar-refractivity contribution in [2.75, 3.05) is 10.6 Å². The van der Waals surface area contributed by atoms with E-state index in [2.05, 4.69) is 87.0 Å². The van der Waals surface area contributed by atoms with Gasteiger partial charge in [0.1, 0.15) is 0 Å². The van der Waals surface area contributed by atoms with Gasteiger partial charge in [-0.15, -0.1) is 0 Å². The van der Waals surface area contributed by atoms with Crippen molar-refractivity contribution in [3.05, 3.63) is 58.5 Å². The van der Waals surface area contributed by atoms with Crippen LogP contribution in [0.2, 0.25) is 0 Å². The Balaban J connectivity index is 2.00. The molecule has 2 heterocycles. The number of imidazole rings is 1. The number of hydrogen-bond acceptors (Lipinski definition) is 3. The summed E-state index contributed by atoms with van der Waals surface area (Å²) in [6.07, 6.45) is 2.13. The molecule has 0 spiro atoms. The Morgan fingerprint density at radius 2 is 1.76 bits per heavy atom. The lowest BCUT2D eigenvalue weighted by atomic mass is 10.0. The lowest BCUT2D eigenvalue weighted by Crippen LogP contribution is -2.11. The molecule has 4 nitrogen and oxygen atoms in total. The Morgan fingerprint density at radius 3 is 2.40 bits per heavy atom. The molecule has 1 aromatic carbocycles. The monoisotopic (exact) mass is 336 g/mol. The van der Waals surface area contributed by atoms with Gasteiger partial charge in [0.2, 0.25) is 0 Å². The van der Waals surface area contributed by atoms with Gasteiger partial charge in [0.25, 0.3) is 0 Å². The molecule has 0 aliphatic carbocycles. The molecule has 0 saturated heterocycles. The number of nitrogens with zero attached hydrogens (tertiary/aromatic N) is 2. The molecule has 0 fully saturated rings. The minimum absolute atomic E-state index is 0.383. The Kier molecular flexibility index (Phi) is 4.71. The fourth-order valence-corrected chi connectivity index (χ4v) is 3.22. The van der Waals surface area contributed by atoms with Gasteiger partial charge in [-0.05, 0) is 64.3 Å². The van der Waals surface area contributed by atoms with E-state index in [9.17, 15) is 0 Å². The normalized spacial score (nSPS) is 11.3. The first-order chi connectivity index (χ1) is 11.9. The molecule has 0 aliphatic heterocycles. The van der Waals surface area contributed by atoms with E-state index < -0.39 is 0 Å². The molecule has 0 amide bonds. The van der Waals surface area contributed by atoms with Gasteiger partial charge < -0.3 is 15.0 Å². The largest absolute Gasteiger partial charge is 0.382 e. The van der Waals surface area contributed by atoms with Crippen LogP contribution in [0.15, 0.2) is 30.5 Å². The van der Waals surface area contributed by atoms with Crippen LogP contribution in [0.3, 0.4) is 0 Å². The molecule has 0 bridgehead atoms. The molecule has 25 heavy (non-hydrogen) atoms. The molecule has 0 radical (unpaired) electrons. The van der Waals surface area contributed by atoms with Crippen LogP contribution in [0.25, 0.3) is 5.65 Å². The SMILES string of the molecule is Cc1cccc(C)c1CNc1cc(NC(C)C)cn2c(C)c(C)nc12. The molecule has 2 N–H and O–H groups in total. The molecule has 2 aromatic heterocycles. The van der Waals surface area contributed by atoms with Crippen LogP contribution >= 0.6 is 0 Å². The highest BCUT2D eigenvalue weighted by molar-refractivity contribution is 5.73. The zero-order chi connectivity index (χ0) is 18.1. The molecule has 4 heteroatoms. The summed E-state index contributed by atoms with van der Waals surface area (Å²) in [6.45, 7) is 13.6. The van der Waals surface area contributed by atoms with Crippen LogP contribution in [0.1, 0.15) is 41.9 Å². The van der Waals surface area contributed by atoms with Crippen LogP contribution in [-0.2, 0) is 6.54 Å². The number of fused-ring (bicyclic) bond motifs is 1. The van der Waals surface area contributed by atoms with E-state index in [0.29, 0.717) is 6.04 Å². The summed E-state index contributed by atoms with van der Waals surface area (Å²) in [7, 11) is 0. The van der Waals surface area contributed by atoms with Crippen molar-refractivity contribution >= 4 is 17.0 Å². The fourth-order valence-electron chi connectivity index (χ4n) is 3.22. The predicted molar refractivity (Wildman–Crippen MR) is 107 cm³/mol. The zero-order valence-electron chi connectivity index (χ0n) is 16.1. The maximum absolute atomic E-state index is 4.76. The van der Waals surface area contributed by atoms with Crippen molar-refractivity contribution < 1.29 is 0 Å². The molecule has 0 aliphatic rings. The minimum Gasteiger partial charge on any atom is -0.382 e. The van der Waals surface area contributed by atoms with E-state index in [1.165, 1.54) is 22.4 Å². The summed E-state index contributed by atoms with van der Waals surface area (Å²) in [5.41, 5.74) is 9.37. The molecular weight excluding hydrogens is 308 g/mol. The highest BCUT2D eigenvalue weighted by atomic mass is 15.1. The number of benzene rings is 1. The van der Waals surface area contributed by atoms with Crippen molar-refractivity contribution in [3.63, 3.8) is 0 Å². The number of anilines is 2. The topological polar surface area (TPSA) is 41.4 Å². The molecule has 3 rings (SSSR count). The minimum atomic E-state index is 0.383. The van der Waals surface area contributed by atoms with Crippen molar-refractivity contribution in [2.24, 2.45) is 0 Å². The second-order valence-electron chi connectivity index (χ2n) is 7.14. The Bertz CT molecular complexity index is 886. The van der Waals surface area contributed by atoms with E-state index in [1.807, 2.05) is 0 Å². The molecule has 3 aromatic rings. The van der Waals surface area contributed by atoms with Gasteiger partial charge in [-0.2, -0.15) is 0 Å². The first kappa shape index (κ1) is 17.3. The zero-order valence-corrected chi connectivity index (χ0v) is 16.1. The lowest BCUT2D eigenvalue weighted by Gasteiger charge is -2.16. The van der Waals surface area contributed by atoms with Crippen molar-refractivity contribution in [2.45, 2.75) is 54.1 Å². The van der Waals surface area contributed by atoms with Crippen LogP contribution in [0, 0.1) is 27.7 Å². The third-order valence-corrected chi connectivity index (χ3v) is 4.75. The number of hydrogen-bond donors (Lipinski definition) is 2. The summed E-state index contributed by atoms with van der Waals surface area (Å²) in [5.74, 6) is 0. The van der Waals surface area contributed by atoms with Crippen molar-refractivity contribution in [3.8, 4) is 0 Å². The highest BCUT2D eigenvalue weighted by Crippen LogP contribution is 2.26. The number of aryl methyl sites for hydroxylation is 4. The van der Waals surface area contributed by atoms with Gasteiger partial charge in [0.05, 0.1) is 17.1 Å². The van der Waals surface area contributed by atoms with Crippen LogP contribution in [0.5, 0.6) is 0 Å². The summed E-state index contributed by atoms with van der Waals surface area (Å²) in [5, 5.41) is 7.12. The standard InChI is InChI=1S/C21H28N4/c1-13(2)23-18-10-20(21-24-16(5)17(6)25(21)12-18)22-11-19-14(3)8-7-9-15(19)4/h7-10,12-13,22-23H,11H2,1-6H3. The van der Waals surface area contributed by atoms with Crippen molar-refractivity contribution in [1.82, 2.24) is 9.38 Å². The second-order valence-corrected chi connectivity index (χ2v) is 7.14. The third kappa shape index (κ3) is 3.48. The molecule has 0 unspecified atom stereocenters. The van der Waals surface area contributed by atoms with Gasteiger partial charge in [-0.25, -0.2) is 4.98 Å². The second kappa shape index (κ2) is 6.79. The number of nitrogens with one attached hydrogen (secondary N) is 2. The van der Waals surface area contributed by atoms with E-state index in [0.717, 1.165) is 29.3 Å². The highest BCUT2D eigenvalue weighted by Gasteiger charge is 2.12. The Morgan fingerprint density at radius 1 is 1.08 bits per heavy atom. The Labute approximate surface area is 150 Å². The molecule has 0 atom stereocenters. The van der Waals surface area contributed by atoms with Gasteiger partial charge in [0.15, 0.2) is 5.65 Å². The Hall–Kier alpha value is -2.49. The molecule has 0 saturated carbocycles. The van der Waals surface area contributed by atoms with Gasteiger partial charge in [0, 0.05) is 24.5 Å². The molecule has 132 valence electrons. The summed E-state index contributed by atoms with van der Waals surface area (Å²) >= 11 is 0. The summed E-state index contributed by atoms with van der Waals surface area (Å²) < 4.78 is 2.17. The van der Waals surface area contributed by atoms with Gasteiger partial charge in [-0.3, -0.25) is 0 Å². The van der Waals surface area contributed by atoms with Gasteiger partial charge >= 0.3 is 0 Å². The fraction of sp³-hybridized carbons (Fsp3) is 0.381. The van der Waals surface area contributed by atoms with Crippen LogP contribution in [-0.4, -0.2) is 15.4 Å². The van der Waals surface area contributed by atoms with Crippen LogP contribution in [0.4, 0.5) is 11.4 Å². The maximum atomic E-state index is 4.76. The number of pyridine rings is 1. The first-order valence-corrected chi connectivity index (χ1v) is 8.91. The van der Waals surface area contributed by atoms with Crippen LogP contribution < -0.4 is 10.6 Å². The van der Waals surface area contributed by atoms with E-state index in [-0.39, 0.29) is 0 Å². The van der Waals surface area contributed by atoms with E-state index in [1.54, 1.807) is 0 Å². The van der Waals surface area contributed by atoms with Gasteiger partial charge in [-0.1, -0.05) is 18.2 Å². The van der Waals surface area contributed by atoms with Crippen molar-refractivity contribution in [1.29, 1.82) is 0 Å². The average Bonchev–Trinajstić information content (AvgIpc) is 2.82. The third-order valence-electron chi connectivity index (χ3n) is 4.75. The molecular formula is C21H28N4. The van der Waals surface area contributed by atoms with E-state index >= 15 is 0 Å². The smallest absolute Gasteiger partial charge is 0.160 e. The summed E-state index contributed by atoms with van der Waals surface area (Å²) in [6, 6.07) is 8.99. The lowest BCUT2D eigenvalue weighted by molar-refractivity contribution is 0.895. The quantitative estimate of drug-likeness (QED) is 0.689. The average molecular weight is 336 g/mol. The maximum Gasteiger partial charge on any atom is 0.160 e. The van der Waals surface area contributed by atoms with E-state index in [4.69, 9.17) is 4.98 Å². The first-order valence-electron chi connectivity index (χ1n) is 8.91. The number of rotatable bonds is 5. The summed E-state index contributed by atoms with van der Waals surface area (Å²) in [4.78, 5) is 4.76. The predicted octanol–water partition coefficient (Wildman–Crippen LogP) is 5.00.